The average Bonchev–Trinajstić information content (AvgIpc) is 3.14. The number of nitrogens with one attached hydrogen (secondary N) is 2. The van der Waals surface area contributed by atoms with E-state index in [1.165, 1.54) is 0 Å². The third-order valence-electron chi connectivity index (χ3n) is 4.73. The van der Waals surface area contributed by atoms with Crippen LogP contribution in [0.2, 0.25) is 0 Å². The van der Waals surface area contributed by atoms with Crippen molar-refractivity contribution in [1.29, 1.82) is 5.41 Å². The van der Waals surface area contributed by atoms with E-state index < -0.39 is 0 Å². The van der Waals surface area contributed by atoms with Gasteiger partial charge in [-0.1, -0.05) is 51.1 Å². The lowest BCUT2D eigenvalue weighted by molar-refractivity contribution is 0.411. The van der Waals surface area contributed by atoms with Crippen LogP contribution in [0.25, 0.3) is 16.6 Å². The Labute approximate surface area is 152 Å². The molecule has 3 aromatic rings. The summed E-state index contributed by atoms with van der Waals surface area (Å²) in [5.74, 6) is 0.959. The number of imidazole rings is 1. The predicted molar refractivity (Wildman–Crippen MR) is 106 cm³/mol. The molecule has 1 aromatic heterocycles. The number of aliphatic hydroxyl groups is 1. The third kappa shape index (κ3) is 2.56. The molecule has 0 unspecified atom stereocenters. The zero-order valence-electron chi connectivity index (χ0n) is 15.2. The van der Waals surface area contributed by atoms with Crippen molar-refractivity contribution in [3.05, 3.63) is 65.7 Å². The third-order valence-corrected chi connectivity index (χ3v) is 4.73. The molecule has 0 radical (unpaired) electrons. The molecule has 5 heteroatoms. The SMILES string of the molecule is CC(C)(C)c1ccccc1N1CC(O)=C(c2nc3ccccc3[nH]2)C1=N. The van der Waals surface area contributed by atoms with Gasteiger partial charge < -0.3 is 15.0 Å². The molecule has 0 aliphatic carbocycles. The van der Waals surface area contributed by atoms with Gasteiger partial charge in [-0.25, -0.2) is 4.98 Å². The number of aliphatic hydroxyl groups excluding tert-OH is 1. The minimum absolute atomic E-state index is 0.0609. The van der Waals surface area contributed by atoms with Gasteiger partial charge in [0.25, 0.3) is 0 Å². The molecule has 3 N–H and O–H groups in total. The number of hydrogen-bond acceptors (Lipinski definition) is 3. The van der Waals surface area contributed by atoms with E-state index in [9.17, 15) is 5.11 Å². The van der Waals surface area contributed by atoms with Gasteiger partial charge >= 0.3 is 0 Å². The second-order valence-corrected chi connectivity index (χ2v) is 7.63. The Morgan fingerprint density at radius 3 is 2.50 bits per heavy atom. The molecule has 0 amide bonds. The van der Waals surface area contributed by atoms with E-state index in [2.05, 4.69) is 36.8 Å². The number of H-pyrrole nitrogens is 1. The van der Waals surface area contributed by atoms with E-state index in [1.54, 1.807) is 0 Å². The molecule has 0 bridgehead atoms. The number of hydrogen-bond donors (Lipinski definition) is 3. The van der Waals surface area contributed by atoms with Crippen LogP contribution in [0.15, 0.2) is 54.3 Å². The van der Waals surface area contributed by atoms with Crippen LogP contribution in [0, 0.1) is 5.41 Å². The van der Waals surface area contributed by atoms with Crippen LogP contribution in [0.1, 0.15) is 32.2 Å². The van der Waals surface area contributed by atoms with E-state index >= 15 is 0 Å². The number of fused-ring (bicyclic) bond motifs is 1. The molecule has 5 nitrogen and oxygen atoms in total. The highest BCUT2D eigenvalue weighted by molar-refractivity contribution is 6.30. The molecular weight excluding hydrogens is 324 g/mol. The first-order valence-corrected chi connectivity index (χ1v) is 8.69. The molecule has 0 saturated heterocycles. The van der Waals surface area contributed by atoms with Gasteiger partial charge in [0.1, 0.15) is 17.4 Å². The van der Waals surface area contributed by atoms with Crippen LogP contribution in [-0.2, 0) is 5.41 Å². The molecule has 1 aliphatic heterocycles. The number of anilines is 1. The number of amidine groups is 1. The number of para-hydroxylation sites is 3. The molecule has 0 fully saturated rings. The van der Waals surface area contributed by atoms with E-state index in [4.69, 9.17) is 5.41 Å². The Morgan fingerprint density at radius 2 is 1.77 bits per heavy atom. The van der Waals surface area contributed by atoms with Crippen molar-refractivity contribution in [2.45, 2.75) is 26.2 Å². The molecule has 26 heavy (non-hydrogen) atoms. The summed E-state index contributed by atoms with van der Waals surface area (Å²) in [6, 6.07) is 15.8. The summed E-state index contributed by atoms with van der Waals surface area (Å²) in [4.78, 5) is 9.62. The Hall–Kier alpha value is -3.08. The summed E-state index contributed by atoms with van der Waals surface area (Å²) in [5.41, 5.74) is 4.21. The fourth-order valence-corrected chi connectivity index (χ4v) is 3.45. The Balaban J connectivity index is 1.76. The molecular formula is C21H22N4O. The maximum Gasteiger partial charge on any atom is 0.145 e. The molecule has 0 spiro atoms. The quantitative estimate of drug-likeness (QED) is 0.633. The predicted octanol–water partition coefficient (Wildman–Crippen LogP) is 4.63. The highest BCUT2D eigenvalue weighted by Crippen LogP contribution is 2.37. The van der Waals surface area contributed by atoms with Gasteiger partial charge in [-0.2, -0.15) is 0 Å². The molecule has 4 rings (SSSR count). The monoisotopic (exact) mass is 346 g/mol. The van der Waals surface area contributed by atoms with E-state index in [1.807, 2.05) is 47.4 Å². The van der Waals surface area contributed by atoms with Crippen LogP contribution in [0.3, 0.4) is 0 Å². The maximum absolute atomic E-state index is 10.6. The Kier molecular flexibility index (Phi) is 3.61. The normalized spacial score (nSPS) is 15.3. The van der Waals surface area contributed by atoms with E-state index in [0.29, 0.717) is 11.4 Å². The number of aromatic amines is 1. The summed E-state index contributed by atoms with van der Waals surface area (Å²) in [6.07, 6.45) is 0. The first kappa shape index (κ1) is 16.4. The molecule has 1 aliphatic rings. The molecule has 2 aromatic carbocycles. The maximum atomic E-state index is 10.6. The van der Waals surface area contributed by atoms with E-state index in [-0.39, 0.29) is 23.6 Å². The van der Waals surface area contributed by atoms with Crippen molar-refractivity contribution in [3.8, 4) is 0 Å². The van der Waals surface area contributed by atoms with Crippen LogP contribution >= 0.6 is 0 Å². The highest BCUT2D eigenvalue weighted by atomic mass is 16.3. The topological polar surface area (TPSA) is 76.0 Å². The first-order valence-electron chi connectivity index (χ1n) is 8.69. The number of benzene rings is 2. The summed E-state index contributed by atoms with van der Waals surface area (Å²) >= 11 is 0. The number of aromatic nitrogens is 2. The van der Waals surface area contributed by atoms with Crippen molar-refractivity contribution in [2.75, 3.05) is 11.4 Å². The minimum Gasteiger partial charge on any atom is -0.509 e. The first-order chi connectivity index (χ1) is 12.4. The Morgan fingerprint density at radius 1 is 1.08 bits per heavy atom. The molecule has 2 heterocycles. The van der Waals surface area contributed by atoms with Crippen LogP contribution in [-0.4, -0.2) is 27.5 Å². The summed E-state index contributed by atoms with van der Waals surface area (Å²) in [6.45, 7) is 6.73. The van der Waals surface area contributed by atoms with Gasteiger partial charge in [-0.05, 0) is 29.2 Å². The summed E-state index contributed by atoms with van der Waals surface area (Å²) < 4.78 is 0. The fraction of sp³-hybridized carbons (Fsp3) is 0.238. The zero-order chi connectivity index (χ0) is 18.5. The fourth-order valence-electron chi connectivity index (χ4n) is 3.45. The van der Waals surface area contributed by atoms with Gasteiger partial charge in [0, 0.05) is 5.69 Å². The molecule has 0 saturated carbocycles. The molecule has 132 valence electrons. The van der Waals surface area contributed by atoms with Crippen molar-refractivity contribution in [1.82, 2.24) is 9.97 Å². The van der Waals surface area contributed by atoms with Crippen LogP contribution < -0.4 is 4.90 Å². The molecule has 0 atom stereocenters. The highest BCUT2D eigenvalue weighted by Gasteiger charge is 2.33. The van der Waals surface area contributed by atoms with Crippen molar-refractivity contribution >= 4 is 28.1 Å². The second-order valence-electron chi connectivity index (χ2n) is 7.63. The van der Waals surface area contributed by atoms with Gasteiger partial charge in [0.15, 0.2) is 0 Å². The van der Waals surface area contributed by atoms with Crippen molar-refractivity contribution in [3.63, 3.8) is 0 Å². The van der Waals surface area contributed by atoms with Gasteiger partial charge in [0.05, 0.1) is 23.2 Å². The Bertz CT molecular complexity index is 1010. The van der Waals surface area contributed by atoms with E-state index in [0.717, 1.165) is 22.3 Å². The number of rotatable bonds is 2. The standard InChI is InChI=1S/C21H22N4O/c1-21(2,3)13-8-4-7-11-16(13)25-12-17(26)18(19(25)22)20-23-14-9-5-6-10-15(14)24-20/h4-11,22,26H,12H2,1-3H3,(H,23,24). The van der Waals surface area contributed by atoms with Crippen molar-refractivity contribution in [2.24, 2.45) is 0 Å². The minimum atomic E-state index is -0.0609. The van der Waals surface area contributed by atoms with Crippen LogP contribution in [0.5, 0.6) is 0 Å². The lowest BCUT2D eigenvalue weighted by Crippen LogP contribution is -2.29. The van der Waals surface area contributed by atoms with Gasteiger partial charge in [0.2, 0.25) is 0 Å². The van der Waals surface area contributed by atoms with Gasteiger partial charge in [-0.3, -0.25) is 5.41 Å². The summed E-state index contributed by atoms with van der Waals surface area (Å²) in [7, 11) is 0. The average molecular weight is 346 g/mol. The smallest absolute Gasteiger partial charge is 0.145 e. The lowest BCUT2D eigenvalue weighted by atomic mass is 9.85. The largest absolute Gasteiger partial charge is 0.509 e. The van der Waals surface area contributed by atoms with Crippen molar-refractivity contribution < 1.29 is 5.11 Å². The van der Waals surface area contributed by atoms with Gasteiger partial charge in [-0.15, -0.1) is 0 Å². The second kappa shape index (κ2) is 5.73. The zero-order valence-corrected chi connectivity index (χ0v) is 15.2. The number of nitrogens with zero attached hydrogens (tertiary/aromatic N) is 2. The summed E-state index contributed by atoms with van der Waals surface area (Å²) in [5, 5.41) is 19.3. The van der Waals surface area contributed by atoms with Crippen LogP contribution in [0.4, 0.5) is 5.69 Å². The lowest BCUT2D eigenvalue weighted by Gasteiger charge is -2.28.